The fraction of sp³-hybridized carbons (Fsp3) is 0.391. The van der Waals surface area contributed by atoms with E-state index in [1.165, 1.54) is 12.7 Å². The molecule has 2 aliphatic rings. The lowest BCUT2D eigenvalue weighted by atomic mass is 9.82. The summed E-state index contributed by atoms with van der Waals surface area (Å²) in [5.74, 6) is -0.556. The molecule has 1 atom stereocenters. The minimum Gasteiger partial charge on any atom is -0.465 e. The van der Waals surface area contributed by atoms with Crippen LogP contribution in [0.25, 0.3) is 0 Å². The number of rotatable bonds is 4. The van der Waals surface area contributed by atoms with Crippen LogP contribution < -0.4 is 10.2 Å². The molecule has 0 unspecified atom stereocenters. The molecule has 0 bridgehead atoms. The van der Waals surface area contributed by atoms with E-state index in [1.807, 2.05) is 18.2 Å². The standard InChI is InChI=1S/C23H26N2O3/c1-28-23(27)17-11-12-21(25-13-4-5-14-25)20(15-17)24-22(26)19-10-6-8-16-7-2-3-9-18(16)19/h2-3,7,9,11-12,15,19H,4-6,8,10,13-14H2,1H3,(H,24,26)/t19-/m0/s1. The molecule has 1 saturated heterocycles. The normalized spacial score (nSPS) is 18.5. The molecule has 1 amide bonds. The highest BCUT2D eigenvalue weighted by Crippen LogP contribution is 2.35. The molecule has 0 radical (unpaired) electrons. The van der Waals surface area contributed by atoms with Crippen molar-refractivity contribution in [2.75, 3.05) is 30.4 Å². The van der Waals surface area contributed by atoms with Crippen molar-refractivity contribution in [1.82, 2.24) is 0 Å². The Kier molecular flexibility index (Phi) is 5.33. The summed E-state index contributed by atoms with van der Waals surface area (Å²) in [5.41, 5.74) is 4.50. The van der Waals surface area contributed by atoms with Crippen LogP contribution in [-0.2, 0) is 16.0 Å². The van der Waals surface area contributed by atoms with Gasteiger partial charge in [-0.15, -0.1) is 0 Å². The lowest BCUT2D eigenvalue weighted by Crippen LogP contribution is -2.27. The zero-order valence-electron chi connectivity index (χ0n) is 16.2. The summed E-state index contributed by atoms with van der Waals surface area (Å²) in [6.07, 6.45) is 5.16. The van der Waals surface area contributed by atoms with E-state index in [1.54, 1.807) is 12.1 Å². The highest BCUT2D eigenvalue weighted by Gasteiger charge is 2.27. The number of carbonyl (C=O) groups excluding carboxylic acids is 2. The molecular formula is C23H26N2O3. The largest absolute Gasteiger partial charge is 0.465 e. The van der Waals surface area contributed by atoms with Gasteiger partial charge in [-0.05, 0) is 61.4 Å². The number of aryl methyl sites for hydroxylation is 1. The number of benzene rings is 2. The average Bonchev–Trinajstić information content (AvgIpc) is 3.27. The first-order chi connectivity index (χ1) is 13.7. The maximum absolute atomic E-state index is 13.2. The number of esters is 1. The Morgan fingerprint density at radius 2 is 1.86 bits per heavy atom. The van der Waals surface area contributed by atoms with E-state index in [0.29, 0.717) is 11.3 Å². The van der Waals surface area contributed by atoms with Gasteiger partial charge in [0.2, 0.25) is 5.91 Å². The summed E-state index contributed by atoms with van der Waals surface area (Å²) in [7, 11) is 1.37. The fourth-order valence-corrected chi connectivity index (χ4v) is 4.36. The first-order valence-electron chi connectivity index (χ1n) is 10.0. The molecular weight excluding hydrogens is 352 g/mol. The van der Waals surface area contributed by atoms with Gasteiger partial charge in [0.05, 0.1) is 30.0 Å². The first-order valence-corrected chi connectivity index (χ1v) is 10.0. The van der Waals surface area contributed by atoms with E-state index in [2.05, 4.69) is 22.3 Å². The zero-order valence-corrected chi connectivity index (χ0v) is 16.2. The van der Waals surface area contributed by atoms with Crippen molar-refractivity contribution in [3.63, 3.8) is 0 Å². The number of hydrogen-bond donors (Lipinski definition) is 1. The van der Waals surface area contributed by atoms with Crippen LogP contribution in [0.4, 0.5) is 11.4 Å². The molecule has 0 spiro atoms. The van der Waals surface area contributed by atoms with E-state index >= 15 is 0 Å². The Balaban J connectivity index is 1.64. The molecule has 1 N–H and O–H groups in total. The molecule has 1 aliphatic carbocycles. The van der Waals surface area contributed by atoms with Crippen LogP contribution in [0.2, 0.25) is 0 Å². The Morgan fingerprint density at radius 1 is 1.07 bits per heavy atom. The summed E-state index contributed by atoms with van der Waals surface area (Å²) >= 11 is 0. The molecule has 5 nitrogen and oxygen atoms in total. The van der Waals surface area contributed by atoms with Crippen molar-refractivity contribution in [1.29, 1.82) is 0 Å². The van der Waals surface area contributed by atoms with Gasteiger partial charge >= 0.3 is 5.97 Å². The number of nitrogens with one attached hydrogen (secondary N) is 1. The maximum Gasteiger partial charge on any atom is 0.337 e. The van der Waals surface area contributed by atoms with Gasteiger partial charge in [0.15, 0.2) is 0 Å². The molecule has 1 heterocycles. The molecule has 4 rings (SSSR count). The predicted molar refractivity (Wildman–Crippen MR) is 110 cm³/mol. The van der Waals surface area contributed by atoms with Gasteiger partial charge < -0.3 is 15.0 Å². The number of carbonyl (C=O) groups is 2. The quantitative estimate of drug-likeness (QED) is 0.813. The van der Waals surface area contributed by atoms with Gasteiger partial charge in [-0.1, -0.05) is 24.3 Å². The van der Waals surface area contributed by atoms with Crippen molar-refractivity contribution in [3.8, 4) is 0 Å². The van der Waals surface area contributed by atoms with E-state index in [4.69, 9.17) is 4.74 Å². The molecule has 0 saturated carbocycles. The molecule has 2 aromatic carbocycles. The topological polar surface area (TPSA) is 58.6 Å². The number of hydrogen-bond acceptors (Lipinski definition) is 4. The highest BCUT2D eigenvalue weighted by molar-refractivity contribution is 6.01. The lowest BCUT2D eigenvalue weighted by molar-refractivity contribution is -0.117. The summed E-state index contributed by atoms with van der Waals surface area (Å²) in [5, 5.41) is 3.13. The minimum atomic E-state index is -0.397. The first kappa shape index (κ1) is 18.5. The molecule has 1 fully saturated rings. The van der Waals surface area contributed by atoms with Crippen LogP contribution in [0.5, 0.6) is 0 Å². The second-order valence-electron chi connectivity index (χ2n) is 7.55. The summed E-state index contributed by atoms with van der Waals surface area (Å²) in [4.78, 5) is 27.5. The van der Waals surface area contributed by atoms with Crippen LogP contribution in [0.1, 0.15) is 53.1 Å². The van der Waals surface area contributed by atoms with Crippen LogP contribution >= 0.6 is 0 Å². The third kappa shape index (κ3) is 3.61. The van der Waals surface area contributed by atoms with E-state index in [9.17, 15) is 9.59 Å². The Morgan fingerprint density at radius 3 is 2.64 bits per heavy atom. The number of ether oxygens (including phenoxy) is 1. The smallest absolute Gasteiger partial charge is 0.337 e. The van der Waals surface area contributed by atoms with Crippen LogP contribution in [0.15, 0.2) is 42.5 Å². The number of amides is 1. The SMILES string of the molecule is COC(=O)c1ccc(N2CCCC2)c(NC(=O)[C@H]2CCCc3ccccc32)c1. The van der Waals surface area contributed by atoms with E-state index in [-0.39, 0.29) is 11.8 Å². The molecule has 5 heteroatoms. The van der Waals surface area contributed by atoms with Crippen molar-refractivity contribution < 1.29 is 14.3 Å². The van der Waals surface area contributed by atoms with E-state index in [0.717, 1.165) is 56.4 Å². The minimum absolute atomic E-state index is 0.00499. The maximum atomic E-state index is 13.2. The number of anilines is 2. The Bertz CT molecular complexity index is 887. The van der Waals surface area contributed by atoms with Crippen molar-refractivity contribution >= 4 is 23.3 Å². The summed E-state index contributed by atoms with van der Waals surface area (Å²) in [6, 6.07) is 13.6. The molecule has 28 heavy (non-hydrogen) atoms. The zero-order chi connectivity index (χ0) is 19.5. The summed E-state index contributed by atoms with van der Waals surface area (Å²) in [6.45, 7) is 1.93. The molecule has 146 valence electrons. The van der Waals surface area contributed by atoms with Crippen LogP contribution in [0.3, 0.4) is 0 Å². The third-order valence-corrected chi connectivity index (χ3v) is 5.81. The van der Waals surface area contributed by atoms with Gasteiger partial charge in [-0.3, -0.25) is 4.79 Å². The van der Waals surface area contributed by atoms with Crippen LogP contribution in [-0.4, -0.2) is 32.1 Å². The third-order valence-electron chi connectivity index (χ3n) is 5.81. The Labute approximate surface area is 165 Å². The second kappa shape index (κ2) is 8.05. The van der Waals surface area contributed by atoms with Gasteiger partial charge in [0.1, 0.15) is 0 Å². The molecule has 0 aromatic heterocycles. The van der Waals surface area contributed by atoms with Gasteiger partial charge in [0.25, 0.3) is 0 Å². The van der Waals surface area contributed by atoms with Gasteiger partial charge in [-0.25, -0.2) is 4.79 Å². The van der Waals surface area contributed by atoms with Gasteiger partial charge in [0, 0.05) is 13.1 Å². The lowest BCUT2D eigenvalue weighted by Gasteiger charge is -2.27. The van der Waals surface area contributed by atoms with Crippen molar-refractivity contribution in [2.24, 2.45) is 0 Å². The van der Waals surface area contributed by atoms with Crippen LogP contribution in [0, 0.1) is 0 Å². The second-order valence-corrected chi connectivity index (χ2v) is 7.55. The van der Waals surface area contributed by atoms with Crippen molar-refractivity contribution in [3.05, 3.63) is 59.2 Å². The average molecular weight is 378 g/mol. The van der Waals surface area contributed by atoms with Crippen molar-refractivity contribution in [2.45, 2.75) is 38.0 Å². The monoisotopic (exact) mass is 378 g/mol. The number of fused-ring (bicyclic) bond motifs is 1. The number of nitrogens with zero attached hydrogens (tertiary/aromatic N) is 1. The molecule has 1 aliphatic heterocycles. The Hall–Kier alpha value is -2.82. The predicted octanol–water partition coefficient (Wildman–Crippen LogP) is 4.13. The van der Waals surface area contributed by atoms with E-state index < -0.39 is 5.97 Å². The van der Waals surface area contributed by atoms with Gasteiger partial charge in [-0.2, -0.15) is 0 Å². The number of methoxy groups -OCH3 is 1. The summed E-state index contributed by atoms with van der Waals surface area (Å²) < 4.78 is 4.86. The molecule has 2 aromatic rings. The fourth-order valence-electron chi connectivity index (χ4n) is 4.36. The highest BCUT2D eigenvalue weighted by atomic mass is 16.5.